The summed E-state index contributed by atoms with van der Waals surface area (Å²) in [5.41, 5.74) is 0.576. The molecule has 1 aromatic rings. The highest BCUT2D eigenvalue weighted by molar-refractivity contribution is 7.89. The Balaban J connectivity index is 2.11. The Morgan fingerprint density at radius 3 is 2.75 bits per heavy atom. The van der Waals surface area contributed by atoms with E-state index in [1.165, 1.54) is 26.4 Å². The molecule has 0 atom stereocenters. The van der Waals surface area contributed by atoms with Crippen LogP contribution in [0.2, 0.25) is 0 Å². The predicted molar refractivity (Wildman–Crippen MR) is 77.5 cm³/mol. The van der Waals surface area contributed by atoms with Gasteiger partial charge >= 0.3 is 5.97 Å². The lowest BCUT2D eigenvalue weighted by molar-refractivity contribution is 0.0602. The SMILES string of the molecule is COC(=O)c1scc(C)c1S(=O)(=O)NCCC1CCC1. The number of thiophene rings is 1. The van der Waals surface area contributed by atoms with E-state index in [0.29, 0.717) is 18.0 Å². The summed E-state index contributed by atoms with van der Waals surface area (Å²) < 4.78 is 31.9. The lowest BCUT2D eigenvalue weighted by Crippen LogP contribution is -2.28. The van der Waals surface area contributed by atoms with Crippen LogP contribution in [0.3, 0.4) is 0 Å². The van der Waals surface area contributed by atoms with Gasteiger partial charge in [-0.2, -0.15) is 0 Å². The van der Waals surface area contributed by atoms with Crippen molar-refractivity contribution in [2.75, 3.05) is 13.7 Å². The smallest absolute Gasteiger partial charge is 0.349 e. The Morgan fingerprint density at radius 2 is 2.20 bits per heavy atom. The molecule has 5 nitrogen and oxygen atoms in total. The second kappa shape index (κ2) is 6.24. The van der Waals surface area contributed by atoms with Crippen molar-refractivity contribution < 1.29 is 17.9 Å². The molecule has 1 heterocycles. The zero-order valence-corrected chi connectivity index (χ0v) is 13.3. The molecule has 0 saturated heterocycles. The van der Waals surface area contributed by atoms with Crippen molar-refractivity contribution in [3.63, 3.8) is 0 Å². The van der Waals surface area contributed by atoms with Gasteiger partial charge in [0.25, 0.3) is 0 Å². The molecule has 1 saturated carbocycles. The van der Waals surface area contributed by atoms with Gasteiger partial charge in [-0.05, 0) is 30.2 Å². The third kappa shape index (κ3) is 3.21. The number of aryl methyl sites for hydroxylation is 1. The summed E-state index contributed by atoms with van der Waals surface area (Å²) >= 11 is 1.10. The fourth-order valence-corrected chi connectivity index (χ4v) is 5.00. The van der Waals surface area contributed by atoms with Crippen molar-refractivity contribution in [2.45, 2.75) is 37.5 Å². The Hall–Kier alpha value is -0.920. The standard InChI is InChI=1S/C13H19NO4S2/c1-9-8-19-11(13(15)18-2)12(9)20(16,17)14-7-6-10-4-3-5-10/h8,10,14H,3-7H2,1-2H3. The van der Waals surface area contributed by atoms with Gasteiger partial charge < -0.3 is 4.74 Å². The Bertz CT molecular complexity index is 588. The van der Waals surface area contributed by atoms with Gasteiger partial charge in [-0.3, -0.25) is 0 Å². The van der Waals surface area contributed by atoms with E-state index in [1.54, 1.807) is 12.3 Å². The number of carbonyl (C=O) groups excluding carboxylic acids is 1. The summed E-state index contributed by atoms with van der Waals surface area (Å²) in [6, 6.07) is 0. The minimum absolute atomic E-state index is 0.0583. The van der Waals surface area contributed by atoms with Crippen LogP contribution in [0.4, 0.5) is 0 Å². The lowest BCUT2D eigenvalue weighted by Gasteiger charge is -2.25. The molecule has 0 unspecified atom stereocenters. The molecule has 1 aliphatic rings. The van der Waals surface area contributed by atoms with Crippen LogP contribution in [0.5, 0.6) is 0 Å². The highest BCUT2D eigenvalue weighted by Gasteiger charge is 2.27. The highest BCUT2D eigenvalue weighted by atomic mass is 32.2. The van der Waals surface area contributed by atoms with E-state index in [4.69, 9.17) is 0 Å². The number of rotatable bonds is 6. The minimum atomic E-state index is -3.65. The number of ether oxygens (including phenoxy) is 1. The molecule has 0 radical (unpaired) electrons. The van der Waals surface area contributed by atoms with Gasteiger partial charge in [0.2, 0.25) is 10.0 Å². The maximum Gasteiger partial charge on any atom is 0.349 e. The van der Waals surface area contributed by atoms with E-state index in [9.17, 15) is 13.2 Å². The minimum Gasteiger partial charge on any atom is -0.465 e. The van der Waals surface area contributed by atoms with E-state index >= 15 is 0 Å². The largest absolute Gasteiger partial charge is 0.465 e. The molecule has 7 heteroatoms. The number of hydrogen-bond donors (Lipinski definition) is 1. The maximum atomic E-state index is 12.3. The van der Waals surface area contributed by atoms with Gasteiger partial charge in [-0.25, -0.2) is 17.9 Å². The summed E-state index contributed by atoms with van der Waals surface area (Å²) in [7, 11) is -2.41. The molecular formula is C13H19NO4S2. The first kappa shape index (κ1) is 15.5. The van der Waals surface area contributed by atoms with Crippen LogP contribution in [0, 0.1) is 12.8 Å². The number of carbonyl (C=O) groups is 1. The van der Waals surface area contributed by atoms with Crippen LogP contribution < -0.4 is 4.72 Å². The highest BCUT2D eigenvalue weighted by Crippen LogP contribution is 2.30. The number of sulfonamides is 1. The molecule has 2 rings (SSSR count). The average molecular weight is 317 g/mol. The van der Waals surface area contributed by atoms with E-state index in [0.717, 1.165) is 17.8 Å². The van der Waals surface area contributed by atoms with Crippen LogP contribution in [-0.4, -0.2) is 28.0 Å². The summed E-state index contributed by atoms with van der Waals surface area (Å²) in [6.45, 7) is 2.10. The number of esters is 1. The van der Waals surface area contributed by atoms with Gasteiger partial charge in [-0.15, -0.1) is 11.3 Å². The van der Waals surface area contributed by atoms with Crippen molar-refractivity contribution in [1.29, 1.82) is 0 Å². The average Bonchev–Trinajstić information content (AvgIpc) is 2.74. The third-order valence-corrected chi connectivity index (χ3v) is 6.48. The molecule has 0 aliphatic heterocycles. The van der Waals surface area contributed by atoms with Crippen LogP contribution in [-0.2, 0) is 14.8 Å². The number of methoxy groups -OCH3 is 1. The first-order valence-electron chi connectivity index (χ1n) is 6.61. The summed E-state index contributed by atoms with van der Waals surface area (Å²) in [5, 5.41) is 1.66. The van der Waals surface area contributed by atoms with E-state index in [1.807, 2.05) is 0 Å². The van der Waals surface area contributed by atoms with Gasteiger partial charge in [0, 0.05) is 6.54 Å². The monoisotopic (exact) mass is 317 g/mol. The molecule has 20 heavy (non-hydrogen) atoms. The number of nitrogens with one attached hydrogen (secondary N) is 1. The Morgan fingerprint density at radius 1 is 1.50 bits per heavy atom. The molecule has 1 aliphatic carbocycles. The molecule has 0 aromatic carbocycles. The quantitative estimate of drug-likeness (QED) is 0.817. The van der Waals surface area contributed by atoms with Gasteiger partial charge in [0.05, 0.1) is 7.11 Å². The van der Waals surface area contributed by atoms with Gasteiger partial charge in [0.1, 0.15) is 9.77 Å². The summed E-state index contributed by atoms with van der Waals surface area (Å²) in [4.78, 5) is 11.8. The first-order valence-corrected chi connectivity index (χ1v) is 8.98. The third-order valence-electron chi connectivity index (χ3n) is 3.63. The van der Waals surface area contributed by atoms with E-state index < -0.39 is 16.0 Å². The topological polar surface area (TPSA) is 72.5 Å². The van der Waals surface area contributed by atoms with Gasteiger partial charge in [-0.1, -0.05) is 19.3 Å². The maximum absolute atomic E-state index is 12.3. The Kier molecular flexibility index (Phi) is 4.82. The van der Waals surface area contributed by atoms with E-state index in [-0.39, 0.29) is 9.77 Å². The molecule has 1 aromatic heterocycles. The molecule has 0 bridgehead atoms. The van der Waals surface area contributed by atoms with Crippen molar-refractivity contribution in [2.24, 2.45) is 5.92 Å². The lowest BCUT2D eigenvalue weighted by atomic mass is 9.83. The second-order valence-electron chi connectivity index (χ2n) is 5.05. The van der Waals surface area contributed by atoms with Gasteiger partial charge in [0.15, 0.2) is 0 Å². The zero-order valence-electron chi connectivity index (χ0n) is 11.6. The summed E-state index contributed by atoms with van der Waals surface area (Å²) in [6.07, 6.45) is 4.47. The second-order valence-corrected chi connectivity index (χ2v) is 7.64. The molecule has 0 spiro atoms. The molecule has 1 fully saturated rings. The molecular weight excluding hydrogens is 298 g/mol. The van der Waals surface area contributed by atoms with Crippen molar-refractivity contribution in [3.05, 3.63) is 15.8 Å². The predicted octanol–water partition coefficient (Wildman–Crippen LogP) is 2.31. The number of hydrogen-bond acceptors (Lipinski definition) is 5. The molecule has 1 N–H and O–H groups in total. The van der Waals surface area contributed by atoms with Crippen LogP contribution in [0.25, 0.3) is 0 Å². The first-order chi connectivity index (χ1) is 9.45. The van der Waals surface area contributed by atoms with Crippen LogP contribution in [0.15, 0.2) is 10.3 Å². The fraction of sp³-hybridized carbons (Fsp3) is 0.615. The van der Waals surface area contributed by atoms with Crippen LogP contribution >= 0.6 is 11.3 Å². The fourth-order valence-electron chi connectivity index (χ4n) is 2.25. The normalized spacial score (nSPS) is 15.9. The van der Waals surface area contributed by atoms with Crippen molar-refractivity contribution >= 4 is 27.3 Å². The van der Waals surface area contributed by atoms with E-state index in [2.05, 4.69) is 9.46 Å². The van der Waals surface area contributed by atoms with Crippen molar-refractivity contribution in [3.8, 4) is 0 Å². The molecule has 112 valence electrons. The Labute approximate surface area is 123 Å². The van der Waals surface area contributed by atoms with Crippen LogP contribution in [0.1, 0.15) is 40.9 Å². The zero-order chi connectivity index (χ0) is 14.8. The molecule has 0 amide bonds. The summed E-state index contributed by atoms with van der Waals surface area (Å²) in [5.74, 6) is 0.0313. The van der Waals surface area contributed by atoms with Crippen molar-refractivity contribution in [1.82, 2.24) is 4.72 Å².